The van der Waals surface area contributed by atoms with Gasteiger partial charge < -0.3 is 11.1 Å². The van der Waals surface area contributed by atoms with Gasteiger partial charge in [0.2, 0.25) is 0 Å². The number of rotatable bonds is 3. The van der Waals surface area contributed by atoms with Gasteiger partial charge in [-0.15, -0.1) is 0 Å². The average Bonchev–Trinajstić information content (AvgIpc) is 2.68. The Bertz CT molecular complexity index is 560. The Morgan fingerprint density at radius 1 is 1.50 bits per heavy atom. The van der Waals surface area contributed by atoms with E-state index in [2.05, 4.69) is 31.4 Å². The summed E-state index contributed by atoms with van der Waals surface area (Å²) >= 11 is 3.43. The van der Waals surface area contributed by atoms with Crippen molar-refractivity contribution in [2.24, 2.45) is 0 Å². The molecule has 2 rings (SSSR count). The number of benzene rings is 1. The number of hydrogen-bond acceptors (Lipinski definition) is 3. The van der Waals surface area contributed by atoms with Gasteiger partial charge >= 0.3 is 0 Å². The summed E-state index contributed by atoms with van der Waals surface area (Å²) in [6, 6.07) is 7.71. The highest BCUT2D eigenvalue weighted by molar-refractivity contribution is 9.10. The number of nitrogens with one attached hydrogen (secondary N) is 2. The molecule has 1 aromatic heterocycles. The molecule has 0 radical (unpaired) electrons. The number of aromatic nitrogens is 2. The van der Waals surface area contributed by atoms with Crippen molar-refractivity contribution in [2.45, 2.75) is 13.5 Å². The van der Waals surface area contributed by atoms with Gasteiger partial charge in [-0.1, -0.05) is 34.1 Å². The van der Waals surface area contributed by atoms with Gasteiger partial charge in [-0.2, -0.15) is 5.10 Å². The number of carbonyl (C=O) groups is 1. The zero-order valence-corrected chi connectivity index (χ0v) is 11.4. The van der Waals surface area contributed by atoms with Crippen LogP contribution in [0.3, 0.4) is 0 Å². The van der Waals surface area contributed by atoms with Gasteiger partial charge in [0.1, 0.15) is 5.56 Å². The first-order valence-electron chi connectivity index (χ1n) is 5.41. The molecular formula is C12H13BrN4O. The van der Waals surface area contributed by atoms with Crippen molar-refractivity contribution in [1.29, 1.82) is 0 Å². The first kappa shape index (κ1) is 12.6. The van der Waals surface area contributed by atoms with Crippen LogP contribution in [0, 0.1) is 6.92 Å². The topological polar surface area (TPSA) is 83.8 Å². The van der Waals surface area contributed by atoms with Crippen molar-refractivity contribution in [2.75, 3.05) is 5.73 Å². The van der Waals surface area contributed by atoms with E-state index in [0.717, 1.165) is 10.0 Å². The number of amides is 1. The van der Waals surface area contributed by atoms with Crippen molar-refractivity contribution >= 4 is 27.7 Å². The monoisotopic (exact) mass is 308 g/mol. The fourth-order valence-electron chi connectivity index (χ4n) is 1.64. The molecule has 0 aliphatic carbocycles. The lowest BCUT2D eigenvalue weighted by Gasteiger charge is -2.07. The summed E-state index contributed by atoms with van der Waals surface area (Å²) in [6.07, 6.45) is 0. The molecule has 1 heterocycles. The quantitative estimate of drug-likeness (QED) is 0.811. The summed E-state index contributed by atoms with van der Waals surface area (Å²) in [5, 5.41) is 9.29. The summed E-state index contributed by atoms with van der Waals surface area (Å²) in [6.45, 7) is 2.20. The normalized spacial score (nSPS) is 10.3. The van der Waals surface area contributed by atoms with E-state index in [1.807, 2.05) is 24.3 Å². The smallest absolute Gasteiger partial charge is 0.257 e. The highest BCUT2D eigenvalue weighted by atomic mass is 79.9. The third-order valence-corrected chi connectivity index (χ3v) is 3.37. The maximum atomic E-state index is 12.0. The lowest BCUT2D eigenvalue weighted by Crippen LogP contribution is -2.24. The second kappa shape index (κ2) is 5.22. The van der Waals surface area contributed by atoms with E-state index in [1.54, 1.807) is 6.92 Å². The molecule has 0 aliphatic heterocycles. The van der Waals surface area contributed by atoms with E-state index in [0.29, 0.717) is 17.8 Å². The van der Waals surface area contributed by atoms with Crippen LogP contribution in [-0.2, 0) is 6.54 Å². The van der Waals surface area contributed by atoms with Gasteiger partial charge in [0.25, 0.3) is 5.91 Å². The molecule has 1 aromatic carbocycles. The summed E-state index contributed by atoms with van der Waals surface area (Å²) in [5.41, 5.74) is 7.70. The fourth-order valence-corrected chi connectivity index (χ4v) is 2.07. The molecule has 6 heteroatoms. The number of H-pyrrole nitrogens is 1. The lowest BCUT2D eigenvalue weighted by atomic mass is 10.2. The molecule has 0 bridgehead atoms. The molecule has 94 valence electrons. The van der Waals surface area contributed by atoms with Gasteiger partial charge in [0.15, 0.2) is 5.82 Å². The zero-order chi connectivity index (χ0) is 13.1. The molecule has 4 N–H and O–H groups in total. The number of halogens is 1. The molecule has 0 saturated carbocycles. The van der Waals surface area contributed by atoms with E-state index in [1.165, 1.54) is 0 Å². The molecule has 0 unspecified atom stereocenters. The first-order chi connectivity index (χ1) is 8.59. The number of aryl methyl sites for hydroxylation is 1. The fraction of sp³-hybridized carbons (Fsp3) is 0.167. The SMILES string of the molecule is Cc1[nH]nc(N)c1C(=O)NCc1ccccc1Br. The maximum Gasteiger partial charge on any atom is 0.257 e. The van der Waals surface area contributed by atoms with Crippen molar-refractivity contribution in [1.82, 2.24) is 15.5 Å². The summed E-state index contributed by atoms with van der Waals surface area (Å²) in [4.78, 5) is 12.0. The van der Waals surface area contributed by atoms with Crippen molar-refractivity contribution < 1.29 is 4.79 Å². The molecular weight excluding hydrogens is 296 g/mol. The number of nitrogen functional groups attached to an aromatic ring is 1. The summed E-state index contributed by atoms with van der Waals surface area (Å²) in [5.74, 6) is -0.00775. The van der Waals surface area contributed by atoms with E-state index in [4.69, 9.17) is 5.73 Å². The van der Waals surface area contributed by atoms with Crippen LogP contribution >= 0.6 is 15.9 Å². The molecule has 5 nitrogen and oxygen atoms in total. The minimum Gasteiger partial charge on any atom is -0.382 e. The van der Waals surface area contributed by atoms with Gasteiger partial charge in [0, 0.05) is 16.7 Å². The van der Waals surface area contributed by atoms with E-state index in [-0.39, 0.29) is 11.7 Å². The maximum absolute atomic E-state index is 12.0. The zero-order valence-electron chi connectivity index (χ0n) is 9.83. The number of anilines is 1. The number of hydrogen-bond donors (Lipinski definition) is 3. The van der Waals surface area contributed by atoms with Crippen LogP contribution in [-0.4, -0.2) is 16.1 Å². The number of nitrogens with two attached hydrogens (primary N) is 1. The van der Waals surface area contributed by atoms with Crippen LogP contribution in [0.25, 0.3) is 0 Å². The van der Waals surface area contributed by atoms with Crippen LogP contribution in [0.2, 0.25) is 0 Å². The minimum absolute atomic E-state index is 0.220. The summed E-state index contributed by atoms with van der Waals surface area (Å²) in [7, 11) is 0. The van der Waals surface area contributed by atoms with Crippen LogP contribution in [0.5, 0.6) is 0 Å². The predicted molar refractivity (Wildman–Crippen MR) is 73.0 cm³/mol. The molecule has 0 saturated heterocycles. The number of aromatic amines is 1. The first-order valence-corrected chi connectivity index (χ1v) is 6.21. The molecule has 18 heavy (non-hydrogen) atoms. The Morgan fingerprint density at radius 2 is 2.22 bits per heavy atom. The molecule has 0 atom stereocenters. The van der Waals surface area contributed by atoms with Crippen LogP contribution < -0.4 is 11.1 Å². The average molecular weight is 309 g/mol. The van der Waals surface area contributed by atoms with Gasteiger partial charge in [-0.3, -0.25) is 9.89 Å². The van der Waals surface area contributed by atoms with Crippen LogP contribution in [0.1, 0.15) is 21.6 Å². The molecule has 0 aliphatic rings. The van der Waals surface area contributed by atoms with E-state index < -0.39 is 0 Å². The Labute approximate surface area is 113 Å². The third kappa shape index (κ3) is 2.53. The third-order valence-electron chi connectivity index (χ3n) is 2.60. The predicted octanol–water partition coefficient (Wildman–Crippen LogP) is 1.99. The molecule has 1 amide bonds. The Hall–Kier alpha value is -1.82. The van der Waals surface area contributed by atoms with Gasteiger partial charge in [-0.25, -0.2) is 0 Å². The van der Waals surface area contributed by atoms with Crippen LogP contribution in [0.4, 0.5) is 5.82 Å². The van der Waals surface area contributed by atoms with Crippen molar-refractivity contribution in [3.8, 4) is 0 Å². The van der Waals surface area contributed by atoms with Crippen molar-refractivity contribution in [3.05, 3.63) is 45.6 Å². The van der Waals surface area contributed by atoms with Crippen LogP contribution in [0.15, 0.2) is 28.7 Å². The second-order valence-corrected chi connectivity index (χ2v) is 4.74. The molecule has 0 fully saturated rings. The largest absolute Gasteiger partial charge is 0.382 e. The number of nitrogens with zero attached hydrogens (tertiary/aromatic N) is 1. The van der Waals surface area contributed by atoms with E-state index in [9.17, 15) is 4.79 Å². The lowest BCUT2D eigenvalue weighted by molar-refractivity contribution is 0.0951. The number of carbonyl (C=O) groups excluding carboxylic acids is 1. The Morgan fingerprint density at radius 3 is 2.83 bits per heavy atom. The second-order valence-electron chi connectivity index (χ2n) is 3.88. The standard InChI is InChI=1S/C12H13BrN4O/c1-7-10(11(14)17-16-7)12(18)15-6-8-4-2-3-5-9(8)13/h2-5H,6H2,1H3,(H,15,18)(H3,14,16,17). The summed E-state index contributed by atoms with van der Waals surface area (Å²) < 4.78 is 0.960. The Balaban J connectivity index is 2.08. The molecule has 2 aromatic rings. The highest BCUT2D eigenvalue weighted by Gasteiger charge is 2.15. The van der Waals surface area contributed by atoms with E-state index >= 15 is 0 Å². The molecule has 0 spiro atoms. The van der Waals surface area contributed by atoms with Gasteiger partial charge in [-0.05, 0) is 18.6 Å². The minimum atomic E-state index is -0.227. The highest BCUT2D eigenvalue weighted by Crippen LogP contribution is 2.16. The Kier molecular flexibility index (Phi) is 3.66. The van der Waals surface area contributed by atoms with Gasteiger partial charge in [0.05, 0.1) is 0 Å². The van der Waals surface area contributed by atoms with Crippen molar-refractivity contribution in [3.63, 3.8) is 0 Å².